The summed E-state index contributed by atoms with van der Waals surface area (Å²) in [6, 6.07) is 48.8. The summed E-state index contributed by atoms with van der Waals surface area (Å²) in [6.45, 7) is 0. The SMILES string of the molecule is c1ccc(-c2cn(-c3ccccc3)c3c(N(c4ccccc4)c4cccc5ccccc45)nccc23)cc1. The fourth-order valence-corrected chi connectivity index (χ4v) is 5.32. The highest BCUT2D eigenvalue weighted by molar-refractivity contribution is 6.07. The van der Waals surface area contributed by atoms with Crippen LogP contribution in [0.25, 0.3) is 38.5 Å². The Labute approximate surface area is 221 Å². The number of rotatable bonds is 5. The normalized spacial score (nSPS) is 11.2. The first kappa shape index (κ1) is 22.1. The van der Waals surface area contributed by atoms with Crippen molar-refractivity contribution in [1.29, 1.82) is 0 Å². The van der Waals surface area contributed by atoms with Crippen molar-refractivity contribution in [2.24, 2.45) is 0 Å². The van der Waals surface area contributed by atoms with Crippen LogP contribution in [-0.2, 0) is 0 Å². The van der Waals surface area contributed by atoms with E-state index in [1.165, 1.54) is 21.9 Å². The first-order chi connectivity index (χ1) is 18.9. The van der Waals surface area contributed by atoms with Crippen molar-refractivity contribution in [3.05, 3.63) is 152 Å². The zero-order chi connectivity index (χ0) is 25.3. The number of para-hydroxylation sites is 2. The van der Waals surface area contributed by atoms with Crippen LogP contribution in [0.3, 0.4) is 0 Å². The fourth-order valence-electron chi connectivity index (χ4n) is 5.32. The number of aromatic nitrogens is 2. The van der Waals surface area contributed by atoms with Crippen molar-refractivity contribution in [3.63, 3.8) is 0 Å². The summed E-state index contributed by atoms with van der Waals surface area (Å²) in [4.78, 5) is 7.36. The molecule has 0 atom stereocenters. The second-order valence-corrected chi connectivity index (χ2v) is 9.31. The molecule has 7 rings (SSSR count). The second kappa shape index (κ2) is 9.38. The topological polar surface area (TPSA) is 21.1 Å². The molecule has 2 heterocycles. The van der Waals surface area contributed by atoms with E-state index in [2.05, 4.69) is 155 Å². The molecule has 0 saturated heterocycles. The van der Waals surface area contributed by atoms with Gasteiger partial charge in [0.2, 0.25) is 0 Å². The molecule has 0 unspecified atom stereocenters. The summed E-state index contributed by atoms with van der Waals surface area (Å²) in [5, 5.41) is 3.53. The minimum atomic E-state index is 0.885. The van der Waals surface area contributed by atoms with Crippen LogP contribution >= 0.6 is 0 Å². The van der Waals surface area contributed by atoms with Gasteiger partial charge in [0.1, 0.15) is 0 Å². The van der Waals surface area contributed by atoms with Gasteiger partial charge in [-0.05, 0) is 47.3 Å². The maximum atomic E-state index is 5.07. The molecule has 0 fully saturated rings. The summed E-state index contributed by atoms with van der Waals surface area (Å²) in [5.74, 6) is 0.885. The van der Waals surface area contributed by atoms with E-state index in [1.807, 2.05) is 6.20 Å². The van der Waals surface area contributed by atoms with Crippen molar-refractivity contribution in [2.45, 2.75) is 0 Å². The molecule has 0 aliphatic carbocycles. The number of anilines is 3. The van der Waals surface area contributed by atoms with Gasteiger partial charge in [0.05, 0.1) is 11.2 Å². The number of benzene rings is 5. The monoisotopic (exact) mass is 487 g/mol. The minimum absolute atomic E-state index is 0.885. The van der Waals surface area contributed by atoms with E-state index < -0.39 is 0 Å². The van der Waals surface area contributed by atoms with Crippen LogP contribution in [0.15, 0.2) is 152 Å². The predicted molar refractivity (Wildman–Crippen MR) is 159 cm³/mol. The van der Waals surface area contributed by atoms with Crippen LogP contribution in [0, 0.1) is 0 Å². The highest BCUT2D eigenvalue weighted by atomic mass is 15.2. The third kappa shape index (κ3) is 3.73. The molecule has 0 spiro atoms. The Morgan fingerprint density at radius 3 is 2.00 bits per heavy atom. The smallest absolute Gasteiger partial charge is 0.162 e. The third-order valence-corrected chi connectivity index (χ3v) is 7.05. The molecular formula is C35H25N3. The highest BCUT2D eigenvalue weighted by Gasteiger charge is 2.23. The van der Waals surface area contributed by atoms with Gasteiger partial charge in [-0.1, -0.05) is 103 Å². The lowest BCUT2D eigenvalue weighted by Crippen LogP contribution is -2.13. The first-order valence-electron chi connectivity index (χ1n) is 12.8. The van der Waals surface area contributed by atoms with Crippen LogP contribution in [0.2, 0.25) is 0 Å². The molecule has 3 nitrogen and oxygen atoms in total. The van der Waals surface area contributed by atoms with Gasteiger partial charge in [-0.2, -0.15) is 0 Å². The maximum Gasteiger partial charge on any atom is 0.162 e. The van der Waals surface area contributed by atoms with Crippen molar-refractivity contribution in [1.82, 2.24) is 9.55 Å². The summed E-state index contributed by atoms with van der Waals surface area (Å²) in [6.07, 6.45) is 4.17. The molecule has 0 amide bonds. The number of fused-ring (bicyclic) bond motifs is 2. The molecule has 0 N–H and O–H groups in total. The Balaban J connectivity index is 1.59. The zero-order valence-electron chi connectivity index (χ0n) is 20.8. The Morgan fingerprint density at radius 2 is 1.21 bits per heavy atom. The summed E-state index contributed by atoms with van der Waals surface area (Å²) < 4.78 is 2.28. The van der Waals surface area contributed by atoms with E-state index >= 15 is 0 Å². The Kier molecular flexibility index (Phi) is 5.45. The molecule has 7 aromatic rings. The molecule has 0 aliphatic rings. The average Bonchev–Trinajstić information content (AvgIpc) is 3.40. The van der Waals surface area contributed by atoms with Gasteiger partial charge in [0.25, 0.3) is 0 Å². The lowest BCUT2D eigenvalue weighted by atomic mass is 10.0. The molecule has 5 aromatic carbocycles. The van der Waals surface area contributed by atoms with Gasteiger partial charge in [-0.25, -0.2) is 4.98 Å². The molecule has 0 bridgehead atoms. The highest BCUT2D eigenvalue weighted by Crippen LogP contribution is 2.43. The predicted octanol–water partition coefficient (Wildman–Crippen LogP) is 9.32. The second-order valence-electron chi connectivity index (χ2n) is 9.31. The van der Waals surface area contributed by atoms with E-state index in [0.29, 0.717) is 0 Å². The average molecular weight is 488 g/mol. The summed E-state index contributed by atoms with van der Waals surface area (Å²) >= 11 is 0. The standard InChI is InChI=1S/C35H25N3/c1-4-13-27(14-5-1)32-25-37(28-17-6-2-7-18-28)34-31(32)23-24-36-35(34)38(29-19-8-3-9-20-29)33-22-12-16-26-15-10-11-21-30(26)33/h1-25H. The lowest BCUT2D eigenvalue weighted by Gasteiger charge is -2.27. The Bertz CT molecular complexity index is 1850. The molecule has 180 valence electrons. The molecule has 0 radical (unpaired) electrons. The van der Waals surface area contributed by atoms with E-state index in [9.17, 15) is 0 Å². The number of hydrogen-bond donors (Lipinski definition) is 0. The molecule has 2 aromatic heterocycles. The van der Waals surface area contributed by atoms with Gasteiger partial charge < -0.3 is 4.57 Å². The minimum Gasteiger partial charge on any atom is -0.313 e. The van der Waals surface area contributed by atoms with Gasteiger partial charge >= 0.3 is 0 Å². The summed E-state index contributed by atoms with van der Waals surface area (Å²) in [7, 11) is 0. The van der Waals surface area contributed by atoms with Gasteiger partial charge in [0.15, 0.2) is 5.82 Å². The van der Waals surface area contributed by atoms with Crippen molar-refractivity contribution < 1.29 is 0 Å². The first-order valence-corrected chi connectivity index (χ1v) is 12.8. The quantitative estimate of drug-likeness (QED) is 0.241. The van der Waals surface area contributed by atoms with Crippen molar-refractivity contribution >= 4 is 38.9 Å². The van der Waals surface area contributed by atoms with Crippen LogP contribution in [-0.4, -0.2) is 9.55 Å². The van der Waals surface area contributed by atoms with E-state index in [1.54, 1.807) is 0 Å². The number of nitrogens with zero attached hydrogens (tertiary/aromatic N) is 3. The van der Waals surface area contributed by atoms with Crippen LogP contribution < -0.4 is 4.90 Å². The summed E-state index contributed by atoms with van der Waals surface area (Å²) in [5.41, 5.74) is 6.68. The lowest BCUT2D eigenvalue weighted by molar-refractivity contribution is 1.10. The Hall–Kier alpha value is -5.15. The van der Waals surface area contributed by atoms with Crippen molar-refractivity contribution in [2.75, 3.05) is 4.90 Å². The van der Waals surface area contributed by atoms with Crippen LogP contribution in [0.5, 0.6) is 0 Å². The van der Waals surface area contributed by atoms with Gasteiger partial charge in [-0.3, -0.25) is 4.90 Å². The molecule has 38 heavy (non-hydrogen) atoms. The fraction of sp³-hybridized carbons (Fsp3) is 0. The van der Waals surface area contributed by atoms with Crippen LogP contribution in [0.1, 0.15) is 0 Å². The van der Waals surface area contributed by atoms with Gasteiger partial charge in [-0.15, -0.1) is 0 Å². The Morgan fingerprint density at radius 1 is 0.553 bits per heavy atom. The number of hydrogen-bond acceptors (Lipinski definition) is 2. The molecule has 3 heteroatoms. The molecule has 0 aliphatic heterocycles. The number of pyridine rings is 1. The van der Waals surface area contributed by atoms with E-state index in [4.69, 9.17) is 4.98 Å². The van der Waals surface area contributed by atoms with Crippen molar-refractivity contribution in [3.8, 4) is 16.8 Å². The maximum absolute atomic E-state index is 5.07. The van der Waals surface area contributed by atoms with Crippen LogP contribution in [0.4, 0.5) is 17.2 Å². The third-order valence-electron chi connectivity index (χ3n) is 7.05. The molecule has 0 saturated carbocycles. The van der Waals surface area contributed by atoms with E-state index in [0.717, 1.165) is 33.8 Å². The largest absolute Gasteiger partial charge is 0.313 e. The van der Waals surface area contributed by atoms with Gasteiger partial charge in [0, 0.05) is 40.1 Å². The molecular weight excluding hydrogens is 462 g/mol. The zero-order valence-corrected chi connectivity index (χ0v) is 20.8. The van der Waals surface area contributed by atoms with E-state index in [-0.39, 0.29) is 0 Å².